The van der Waals surface area contributed by atoms with Crippen LogP contribution >= 0.6 is 15.9 Å². The number of hydrogen-bond acceptors (Lipinski definition) is 3. The van der Waals surface area contributed by atoms with Gasteiger partial charge in [0.2, 0.25) is 0 Å². The van der Waals surface area contributed by atoms with E-state index >= 15 is 0 Å². The molecule has 19 heavy (non-hydrogen) atoms. The summed E-state index contributed by atoms with van der Waals surface area (Å²) in [6.07, 6.45) is 3.52. The number of rotatable bonds is 4. The lowest BCUT2D eigenvalue weighted by molar-refractivity contribution is -0.385. The lowest BCUT2D eigenvalue weighted by Crippen LogP contribution is -2.22. The third-order valence-electron chi connectivity index (χ3n) is 2.52. The van der Waals surface area contributed by atoms with Gasteiger partial charge in [0.05, 0.1) is 9.40 Å². The highest BCUT2D eigenvalue weighted by Crippen LogP contribution is 2.25. The molecular formula is C12H10BrN3O3. The monoisotopic (exact) mass is 323 g/mol. The van der Waals surface area contributed by atoms with E-state index in [2.05, 4.69) is 26.2 Å². The van der Waals surface area contributed by atoms with Crippen molar-refractivity contribution in [1.29, 1.82) is 0 Å². The SMILES string of the molecule is O=C(NCc1cc[nH]c1)c1ccc(Br)c([N+](=O)[O-])c1. The van der Waals surface area contributed by atoms with E-state index < -0.39 is 4.92 Å². The summed E-state index contributed by atoms with van der Waals surface area (Å²) in [6.45, 7) is 0.367. The van der Waals surface area contributed by atoms with Crippen molar-refractivity contribution in [3.05, 3.63) is 62.4 Å². The first-order chi connectivity index (χ1) is 9.08. The Kier molecular flexibility index (Phi) is 3.96. The van der Waals surface area contributed by atoms with Gasteiger partial charge in [-0.3, -0.25) is 14.9 Å². The Bertz CT molecular complexity index is 611. The van der Waals surface area contributed by atoms with Crippen LogP contribution in [0.1, 0.15) is 15.9 Å². The summed E-state index contributed by atoms with van der Waals surface area (Å²) >= 11 is 3.07. The predicted octanol–water partition coefficient (Wildman–Crippen LogP) is 2.62. The Labute approximate surface area is 117 Å². The van der Waals surface area contributed by atoms with Gasteiger partial charge >= 0.3 is 0 Å². The van der Waals surface area contributed by atoms with Crippen LogP contribution in [0.4, 0.5) is 5.69 Å². The van der Waals surface area contributed by atoms with Crippen LogP contribution in [0.2, 0.25) is 0 Å². The van der Waals surface area contributed by atoms with E-state index in [0.29, 0.717) is 11.0 Å². The molecule has 0 saturated heterocycles. The zero-order valence-corrected chi connectivity index (χ0v) is 11.3. The Morgan fingerprint density at radius 2 is 2.21 bits per heavy atom. The number of benzene rings is 1. The molecule has 2 N–H and O–H groups in total. The average Bonchev–Trinajstić information content (AvgIpc) is 2.89. The number of nitrogens with one attached hydrogen (secondary N) is 2. The van der Waals surface area contributed by atoms with E-state index in [-0.39, 0.29) is 17.2 Å². The first-order valence-electron chi connectivity index (χ1n) is 5.42. The minimum atomic E-state index is -0.535. The molecule has 0 aliphatic carbocycles. The second kappa shape index (κ2) is 5.66. The van der Waals surface area contributed by atoms with Crippen molar-refractivity contribution in [3.8, 4) is 0 Å². The summed E-state index contributed by atoms with van der Waals surface area (Å²) in [7, 11) is 0. The lowest BCUT2D eigenvalue weighted by atomic mass is 10.2. The third-order valence-corrected chi connectivity index (χ3v) is 3.19. The van der Waals surface area contributed by atoms with Crippen molar-refractivity contribution in [3.63, 3.8) is 0 Å². The lowest BCUT2D eigenvalue weighted by Gasteiger charge is -2.04. The number of halogens is 1. The van der Waals surface area contributed by atoms with Crippen LogP contribution in [0, 0.1) is 10.1 Å². The molecule has 0 aliphatic heterocycles. The number of nitro groups is 1. The number of nitrogens with zero attached hydrogens (tertiary/aromatic N) is 1. The molecule has 2 rings (SSSR count). The maximum atomic E-state index is 11.9. The Hall–Kier alpha value is -2.15. The second-order valence-electron chi connectivity index (χ2n) is 3.83. The number of amides is 1. The van der Waals surface area contributed by atoms with Gasteiger partial charge in [0.25, 0.3) is 11.6 Å². The molecule has 98 valence electrons. The highest BCUT2D eigenvalue weighted by molar-refractivity contribution is 9.10. The van der Waals surface area contributed by atoms with Gasteiger partial charge in [-0.2, -0.15) is 0 Å². The summed E-state index contributed by atoms with van der Waals surface area (Å²) in [5.41, 5.74) is 1.06. The molecule has 0 radical (unpaired) electrons. The smallest absolute Gasteiger partial charge is 0.284 e. The fourth-order valence-corrected chi connectivity index (χ4v) is 1.94. The Morgan fingerprint density at radius 1 is 1.42 bits per heavy atom. The minimum Gasteiger partial charge on any atom is -0.367 e. The van der Waals surface area contributed by atoms with Crippen molar-refractivity contribution in [2.24, 2.45) is 0 Å². The molecule has 0 unspecified atom stereocenters. The van der Waals surface area contributed by atoms with Crippen LogP contribution in [0.25, 0.3) is 0 Å². The van der Waals surface area contributed by atoms with Crippen LogP contribution in [0.15, 0.2) is 41.1 Å². The molecule has 6 nitrogen and oxygen atoms in total. The van der Waals surface area contributed by atoms with Crippen molar-refractivity contribution >= 4 is 27.5 Å². The molecule has 0 fully saturated rings. The minimum absolute atomic E-state index is 0.130. The second-order valence-corrected chi connectivity index (χ2v) is 4.68. The molecule has 0 spiro atoms. The van der Waals surface area contributed by atoms with Crippen LogP contribution in [-0.2, 0) is 6.54 Å². The van der Waals surface area contributed by atoms with E-state index in [0.717, 1.165) is 5.56 Å². The molecule has 1 amide bonds. The van der Waals surface area contributed by atoms with E-state index in [9.17, 15) is 14.9 Å². The zero-order valence-electron chi connectivity index (χ0n) is 9.72. The fourth-order valence-electron chi connectivity index (χ4n) is 1.55. The van der Waals surface area contributed by atoms with Gasteiger partial charge in [0.15, 0.2) is 0 Å². The van der Waals surface area contributed by atoms with Gasteiger partial charge in [0, 0.05) is 30.6 Å². The molecule has 0 atom stereocenters. The highest BCUT2D eigenvalue weighted by Gasteiger charge is 2.15. The van der Waals surface area contributed by atoms with Gasteiger partial charge in [0.1, 0.15) is 0 Å². The van der Waals surface area contributed by atoms with Crippen LogP contribution in [0.3, 0.4) is 0 Å². The van der Waals surface area contributed by atoms with Crippen LogP contribution in [-0.4, -0.2) is 15.8 Å². The molecular weight excluding hydrogens is 314 g/mol. The summed E-state index contributed by atoms with van der Waals surface area (Å²) in [4.78, 5) is 25.0. The number of hydrogen-bond donors (Lipinski definition) is 2. The predicted molar refractivity (Wildman–Crippen MR) is 72.8 cm³/mol. The van der Waals surface area contributed by atoms with Gasteiger partial charge in [-0.05, 0) is 39.7 Å². The van der Waals surface area contributed by atoms with Crippen molar-refractivity contribution in [2.75, 3.05) is 0 Å². The number of H-pyrrole nitrogens is 1. The van der Waals surface area contributed by atoms with Crippen molar-refractivity contribution in [2.45, 2.75) is 6.54 Å². The summed E-state index contributed by atoms with van der Waals surface area (Å²) in [6, 6.07) is 6.10. The maximum absolute atomic E-state index is 11.9. The van der Waals surface area contributed by atoms with Crippen molar-refractivity contribution in [1.82, 2.24) is 10.3 Å². The first kappa shape index (κ1) is 13.3. The molecule has 1 heterocycles. The van der Waals surface area contributed by atoms with Crippen LogP contribution in [0.5, 0.6) is 0 Å². The average molecular weight is 324 g/mol. The molecule has 1 aromatic heterocycles. The van der Waals surface area contributed by atoms with E-state index in [1.807, 2.05) is 6.07 Å². The Balaban J connectivity index is 2.11. The van der Waals surface area contributed by atoms with Gasteiger partial charge in [-0.1, -0.05) is 0 Å². The summed E-state index contributed by atoms with van der Waals surface area (Å²) in [5, 5.41) is 13.5. The van der Waals surface area contributed by atoms with Gasteiger partial charge < -0.3 is 10.3 Å². The normalized spacial score (nSPS) is 10.2. The molecule has 0 bridgehead atoms. The number of carbonyl (C=O) groups is 1. The van der Waals surface area contributed by atoms with Gasteiger partial charge in [-0.15, -0.1) is 0 Å². The Morgan fingerprint density at radius 3 is 2.84 bits per heavy atom. The zero-order chi connectivity index (χ0) is 13.8. The molecule has 2 aromatic rings. The summed E-state index contributed by atoms with van der Waals surface area (Å²) < 4.78 is 0.347. The number of carbonyl (C=O) groups excluding carboxylic acids is 1. The quantitative estimate of drug-likeness (QED) is 0.669. The first-order valence-corrected chi connectivity index (χ1v) is 6.21. The molecule has 1 aromatic carbocycles. The number of aromatic amines is 1. The fraction of sp³-hybridized carbons (Fsp3) is 0.0833. The topological polar surface area (TPSA) is 88.0 Å². The molecule has 7 heteroatoms. The van der Waals surface area contributed by atoms with Crippen LogP contribution < -0.4 is 5.32 Å². The van der Waals surface area contributed by atoms with Gasteiger partial charge in [-0.25, -0.2) is 0 Å². The van der Waals surface area contributed by atoms with E-state index in [4.69, 9.17) is 0 Å². The molecule has 0 saturated carbocycles. The highest BCUT2D eigenvalue weighted by atomic mass is 79.9. The van der Waals surface area contributed by atoms with Crippen molar-refractivity contribution < 1.29 is 9.72 Å². The third kappa shape index (κ3) is 3.19. The number of aromatic nitrogens is 1. The maximum Gasteiger partial charge on any atom is 0.284 e. The van der Waals surface area contributed by atoms with E-state index in [1.165, 1.54) is 18.2 Å². The molecule has 0 aliphatic rings. The standard InChI is InChI=1S/C12H10BrN3O3/c13-10-2-1-9(5-11(10)16(18)19)12(17)15-7-8-3-4-14-6-8/h1-6,14H,7H2,(H,15,17). The van der Waals surface area contributed by atoms with E-state index in [1.54, 1.807) is 12.4 Å². The largest absolute Gasteiger partial charge is 0.367 e. The summed E-state index contributed by atoms with van der Waals surface area (Å²) in [5.74, 6) is -0.350. The number of nitro benzene ring substituents is 1.